The molecule has 32 heavy (non-hydrogen) atoms. The molecular weight excluding hydrogens is 411 g/mol. The highest BCUT2D eigenvalue weighted by Gasteiger charge is 2.18. The van der Waals surface area contributed by atoms with Crippen LogP contribution < -0.4 is 14.8 Å². The minimum atomic E-state index is -0.326. The number of para-hydroxylation sites is 2. The SMILES string of the molecule is CCN(CC(=O)Nc1ccccc1OC)C(=O)c1cccc(OCc2ccc(F)cc2)c1. The van der Waals surface area contributed by atoms with Crippen LogP contribution in [0, 0.1) is 5.82 Å². The fourth-order valence-corrected chi connectivity index (χ4v) is 3.09. The van der Waals surface area contributed by atoms with Crippen LogP contribution in [0.4, 0.5) is 10.1 Å². The third-order valence-corrected chi connectivity index (χ3v) is 4.78. The molecule has 2 amide bonds. The lowest BCUT2D eigenvalue weighted by atomic mass is 10.2. The lowest BCUT2D eigenvalue weighted by Gasteiger charge is -2.21. The van der Waals surface area contributed by atoms with Crippen molar-refractivity contribution in [2.24, 2.45) is 0 Å². The number of rotatable bonds is 9. The molecule has 3 aromatic carbocycles. The van der Waals surface area contributed by atoms with E-state index < -0.39 is 0 Å². The van der Waals surface area contributed by atoms with Gasteiger partial charge >= 0.3 is 0 Å². The molecule has 166 valence electrons. The summed E-state index contributed by atoms with van der Waals surface area (Å²) in [4.78, 5) is 26.9. The Labute approximate surface area is 186 Å². The number of methoxy groups -OCH3 is 1. The van der Waals surface area contributed by atoms with Crippen molar-refractivity contribution >= 4 is 17.5 Å². The van der Waals surface area contributed by atoms with Crippen LogP contribution in [0.25, 0.3) is 0 Å². The van der Waals surface area contributed by atoms with Crippen LogP contribution in [-0.4, -0.2) is 36.9 Å². The van der Waals surface area contributed by atoms with Crippen molar-refractivity contribution in [2.45, 2.75) is 13.5 Å². The maximum absolute atomic E-state index is 13.0. The van der Waals surface area contributed by atoms with E-state index >= 15 is 0 Å². The van der Waals surface area contributed by atoms with Gasteiger partial charge in [-0.05, 0) is 55.0 Å². The van der Waals surface area contributed by atoms with Crippen molar-refractivity contribution in [1.29, 1.82) is 0 Å². The second-order valence-electron chi connectivity index (χ2n) is 7.01. The number of halogens is 1. The summed E-state index contributed by atoms with van der Waals surface area (Å²) in [5, 5.41) is 2.78. The fraction of sp³-hybridized carbons (Fsp3) is 0.200. The summed E-state index contributed by atoms with van der Waals surface area (Å²) in [6, 6.07) is 19.9. The monoisotopic (exact) mass is 436 g/mol. The van der Waals surface area contributed by atoms with Crippen molar-refractivity contribution in [2.75, 3.05) is 25.5 Å². The standard InChI is InChI=1S/C25H25FN2O4/c1-3-28(16-24(29)27-22-9-4-5-10-23(22)31-2)25(30)19-7-6-8-21(15-19)32-17-18-11-13-20(26)14-12-18/h4-15H,3,16-17H2,1-2H3,(H,27,29). The minimum Gasteiger partial charge on any atom is -0.495 e. The first-order chi connectivity index (χ1) is 15.5. The molecule has 3 aromatic rings. The molecule has 0 heterocycles. The Morgan fingerprint density at radius 3 is 2.47 bits per heavy atom. The van der Waals surface area contributed by atoms with Gasteiger partial charge in [0, 0.05) is 12.1 Å². The number of hydrogen-bond acceptors (Lipinski definition) is 4. The van der Waals surface area contributed by atoms with Gasteiger partial charge in [-0.2, -0.15) is 0 Å². The number of anilines is 1. The van der Waals surface area contributed by atoms with Crippen LogP contribution in [-0.2, 0) is 11.4 Å². The zero-order valence-corrected chi connectivity index (χ0v) is 18.0. The Hall–Kier alpha value is -3.87. The average molecular weight is 436 g/mol. The third kappa shape index (κ3) is 6.07. The van der Waals surface area contributed by atoms with Crippen LogP contribution in [0.2, 0.25) is 0 Å². The van der Waals surface area contributed by atoms with Crippen molar-refractivity contribution in [3.8, 4) is 11.5 Å². The van der Waals surface area contributed by atoms with E-state index in [2.05, 4.69) is 5.32 Å². The lowest BCUT2D eigenvalue weighted by Crippen LogP contribution is -2.37. The first-order valence-electron chi connectivity index (χ1n) is 10.2. The van der Waals surface area contributed by atoms with E-state index in [9.17, 15) is 14.0 Å². The molecule has 0 saturated heterocycles. The molecule has 0 spiro atoms. The van der Waals surface area contributed by atoms with Crippen molar-refractivity contribution in [1.82, 2.24) is 4.90 Å². The number of hydrogen-bond donors (Lipinski definition) is 1. The van der Waals surface area contributed by atoms with Gasteiger partial charge in [0.1, 0.15) is 30.5 Å². The number of benzene rings is 3. The minimum absolute atomic E-state index is 0.103. The Morgan fingerprint density at radius 2 is 1.75 bits per heavy atom. The quantitative estimate of drug-likeness (QED) is 0.536. The summed E-state index contributed by atoms with van der Waals surface area (Å²) < 4.78 is 24.0. The molecule has 6 nitrogen and oxygen atoms in total. The molecule has 0 unspecified atom stereocenters. The van der Waals surface area contributed by atoms with Crippen molar-refractivity contribution in [3.63, 3.8) is 0 Å². The van der Waals surface area contributed by atoms with Crippen LogP contribution in [0.5, 0.6) is 11.5 Å². The fourth-order valence-electron chi connectivity index (χ4n) is 3.09. The van der Waals surface area contributed by atoms with Gasteiger partial charge in [-0.15, -0.1) is 0 Å². The summed E-state index contributed by atoms with van der Waals surface area (Å²) >= 11 is 0. The molecule has 0 fully saturated rings. The van der Waals surface area contributed by atoms with Gasteiger partial charge in [0.15, 0.2) is 0 Å². The second kappa shape index (κ2) is 10.9. The third-order valence-electron chi connectivity index (χ3n) is 4.78. The van der Waals surface area contributed by atoms with Gasteiger partial charge in [0.2, 0.25) is 5.91 Å². The van der Waals surface area contributed by atoms with E-state index in [4.69, 9.17) is 9.47 Å². The maximum atomic E-state index is 13.0. The predicted molar refractivity (Wildman–Crippen MR) is 120 cm³/mol. The number of ether oxygens (including phenoxy) is 2. The number of carbonyl (C=O) groups is 2. The van der Waals surface area contributed by atoms with E-state index in [0.29, 0.717) is 29.3 Å². The lowest BCUT2D eigenvalue weighted by molar-refractivity contribution is -0.116. The van der Waals surface area contributed by atoms with Crippen molar-refractivity contribution in [3.05, 3.63) is 89.7 Å². The second-order valence-corrected chi connectivity index (χ2v) is 7.01. The summed E-state index contributed by atoms with van der Waals surface area (Å²) in [6.07, 6.45) is 0. The van der Waals surface area contributed by atoms with E-state index in [1.807, 2.05) is 13.0 Å². The highest BCUT2D eigenvalue weighted by atomic mass is 19.1. The molecular formula is C25H25FN2O4. The topological polar surface area (TPSA) is 67.9 Å². The highest BCUT2D eigenvalue weighted by Crippen LogP contribution is 2.23. The molecule has 0 aromatic heterocycles. The van der Waals surface area contributed by atoms with E-state index in [1.54, 1.807) is 54.6 Å². The van der Waals surface area contributed by atoms with Crippen LogP contribution >= 0.6 is 0 Å². The molecule has 0 aliphatic rings. The molecule has 1 N–H and O–H groups in total. The molecule has 0 bridgehead atoms. The molecule has 7 heteroatoms. The molecule has 0 saturated carbocycles. The smallest absolute Gasteiger partial charge is 0.254 e. The van der Waals surface area contributed by atoms with E-state index in [1.165, 1.54) is 24.1 Å². The Kier molecular flexibility index (Phi) is 7.80. The summed E-state index contributed by atoms with van der Waals surface area (Å²) in [6.45, 7) is 2.31. The maximum Gasteiger partial charge on any atom is 0.254 e. The summed E-state index contributed by atoms with van der Waals surface area (Å²) in [5.74, 6) is 0.134. The molecule has 0 aliphatic carbocycles. The summed E-state index contributed by atoms with van der Waals surface area (Å²) in [5.41, 5.74) is 1.76. The van der Waals surface area contributed by atoms with Crippen LogP contribution in [0.3, 0.4) is 0 Å². The Balaban J connectivity index is 1.63. The zero-order chi connectivity index (χ0) is 22.9. The summed E-state index contributed by atoms with van der Waals surface area (Å²) in [7, 11) is 1.53. The Bertz CT molecular complexity index is 1070. The largest absolute Gasteiger partial charge is 0.495 e. The average Bonchev–Trinajstić information content (AvgIpc) is 2.82. The Morgan fingerprint density at radius 1 is 1.00 bits per heavy atom. The van der Waals surface area contributed by atoms with Crippen molar-refractivity contribution < 1.29 is 23.5 Å². The van der Waals surface area contributed by atoms with Gasteiger partial charge in [-0.25, -0.2) is 4.39 Å². The van der Waals surface area contributed by atoms with Crippen LogP contribution in [0.1, 0.15) is 22.8 Å². The van der Waals surface area contributed by atoms with Gasteiger partial charge in [-0.1, -0.05) is 30.3 Å². The van der Waals surface area contributed by atoms with Gasteiger partial charge in [0.05, 0.1) is 12.8 Å². The number of carbonyl (C=O) groups excluding carboxylic acids is 2. The molecule has 3 rings (SSSR count). The normalized spacial score (nSPS) is 10.3. The molecule has 0 aliphatic heterocycles. The van der Waals surface area contributed by atoms with E-state index in [-0.39, 0.29) is 30.8 Å². The van der Waals surface area contributed by atoms with Gasteiger partial charge in [-0.3, -0.25) is 9.59 Å². The van der Waals surface area contributed by atoms with Gasteiger partial charge in [0.25, 0.3) is 5.91 Å². The van der Waals surface area contributed by atoms with E-state index in [0.717, 1.165) is 5.56 Å². The molecule has 0 atom stereocenters. The zero-order valence-electron chi connectivity index (χ0n) is 18.0. The first-order valence-corrected chi connectivity index (χ1v) is 10.2. The number of amides is 2. The molecule has 0 radical (unpaired) electrons. The predicted octanol–water partition coefficient (Wildman–Crippen LogP) is 4.51. The highest BCUT2D eigenvalue weighted by molar-refractivity contribution is 6.00. The number of likely N-dealkylation sites (N-methyl/N-ethyl adjacent to an activating group) is 1. The number of nitrogens with zero attached hydrogens (tertiary/aromatic N) is 1. The van der Waals surface area contributed by atoms with Crippen LogP contribution in [0.15, 0.2) is 72.8 Å². The first kappa shape index (κ1) is 22.8. The van der Waals surface area contributed by atoms with Gasteiger partial charge < -0.3 is 19.7 Å². The number of nitrogens with one attached hydrogen (secondary N) is 1.